The highest BCUT2D eigenvalue weighted by molar-refractivity contribution is 14.1. The Morgan fingerprint density at radius 3 is 2.81 bits per heavy atom. The Morgan fingerprint density at radius 2 is 2.06 bits per heavy atom. The molecule has 0 bridgehead atoms. The van der Waals surface area contributed by atoms with Crippen molar-refractivity contribution < 1.29 is 4.74 Å². The van der Waals surface area contributed by atoms with Crippen molar-refractivity contribution in [3.8, 4) is 17.6 Å². The number of hydrogen-bond donors (Lipinski definition) is 0. The van der Waals surface area contributed by atoms with E-state index in [9.17, 15) is 0 Å². The molecule has 0 fully saturated rings. The van der Waals surface area contributed by atoms with Gasteiger partial charge in [-0.25, -0.2) is 4.98 Å². The maximum atomic E-state index is 8.71. The van der Waals surface area contributed by atoms with Gasteiger partial charge in [0.15, 0.2) is 0 Å². The lowest BCUT2D eigenvalue weighted by molar-refractivity contribution is 0.478. The van der Waals surface area contributed by atoms with Crippen molar-refractivity contribution in [1.29, 1.82) is 5.26 Å². The summed E-state index contributed by atoms with van der Waals surface area (Å²) in [5.74, 6) is 1.40. The number of rotatable bonds is 2. The van der Waals surface area contributed by atoms with Crippen molar-refractivity contribution in [2.45, 2.75) is 0 Å². The minimum absolute atomic E-state index is 0.350. The van der Waals surface area contributed by atoms with Gasteiger partial charge in [-0.1, -0.05) is 12.1 Å². The second kappa shape index (κ2) is 4.94. The minimum Gasteiger partial charge on any atom is -0.456 e. The fourth-order valence-corrected chi connectivity index (χ4v) is 1.69. The number of nitriles is 1. The molecule has 0 atom stereocenters. The highest BCUT2D eigenvalue weighted by atomic mass is 127. The van der Waals surface area contributed by atoms with Crippen molar-refractivity contribution in [2.75, 3.05) is 0 Å². The number of nitrogens with zero attached hydrogens (tertiary/aromatic N) is 2. The van der Waals surface area contributed by atoms with E-state index in [1.54, 1.807) is 18.3 Å². The van der Waals surface area contributed by atoms with E-state index < -0.39 is 0 Å². The van der Waals surface area contributed by atoms with Crippen LogP contribution in [0.4, 0.5) is 0 Å². The van der Waals surface area contributed by atoms with Gasteiger partial charge < -0.3 is 4.74 Å². The van der Waals surface area contributed by atoms with Crippen LogP contribution in [-0.4, -0.2) is 4.98 Å². The molecule has 0 aliphatic heterocycles. The van der Waals surface area contributed by atoms with Crippen molar-refractivity contribution in [1.82, 2.24) is 4.98 Å². The molecule has 0 aliphatic carbocycles. The van der Waals surface area contributed by atoms with E-state index in [1.807, 2.05) is 30.3 Å². The molecule has 78 valence electrons. The molecule has 16 heavy (non-hydrogen) atoms. The monoisotopic (exact) mass is 322 g/mol. The van der Waals surface area contributed by atoms with Gasteiger partial charge in [0, 0.05) is 12.3 Å². The van der Waals surface area contributed by atoms with Gasteiger partial charge in [-0.15, -0.1) is 0 Å². The van der Waals surface area contributed by atoms with Gasteiger partial charge >= 0.3 is 0 Å². The molecule has 3 nitrogen and oxygen atoms in total. The van der Waals surface area contributed by atoms with Gasteiger partial charge in [0.05, 0.1) is 3.57 Å². The second-order valence-corrected chi connectivity index (χ2v) is 4.18. The fraction of sp³-hybridized carbons (Fsp3) is 0. The highest BCUT2D eigenvalue weighted by Gasteiger charge is 2.02. The first kappa shape index (κ1) is 10.9. The number of hydrogen-bond acceptors (Lipinski definition) is 3. The lowest BCUT2D eigenvalue weighted by atomic mass is 10.3. The Balaban J connectivity index is 2.28. The molecular formula is C12H7IN2O. The van der Waals surface area contributed by atoms with Crippen LogP contribution in [0.3, 0.4) is 0 Å². The topological polar surface area (TPSA) is 45.9 Å². The number of aromatic nitrogens is 1. The summed E-state index contributed by atoms with van der Waals surface area (Å²) in [6.07, 6.45) is 1.56. The van der Waals surface area contributed by atoms with Gasteiger partial charge in [-0.3, -0.25) is 0 Å². The standard InChI is InChI=1S/C12H7IN2O/c13-11-3-1-2-4-12(11)16-10-5-6-15-9(7-10)8-14/h1-7H. The van der Waals surface area contributed by atoms with E-state index in [-0.39, 0.29) is 0 Å². The molecule has 1 heterocycles. The summed E-state index contributed by atoms with van der Waals surface area (Å²) in [5.41, 5.74) is 0.350. The summed E-state index contributed by atoms with van der Waals surface area (Å²) in [4.78, 5) is 3.88. The van der Waals surface area contributed by atoms with Crippen molar-refractivity contribution in [2.24, 2.45) is 0 Å². The first-order valence-corrected chi connectivity index (χ1v) is 5.66. The summed E-state index contributed by atoms with van der Waals surface area (Å²) >= 11 is 2.20. The largest absolute Gasteiger partial charge is 0.456 e. The summed E-state index contributed by atoms with van der Waals surface area (Å²) in [6.45, 7) is 0. The van der Waals surface area contributed by atoms with Gasteiger partial charge in [0.1, 0.15) is 23.3 Å². The SMILES string of the molecule is N#Cc1cc(Oc2ccccc2I)ccn1. The van der Waals surface area contributed by atoms with Crippen LogP contribution in [0.15, 0.2) is 42.6 Å². The number of ether oxygens (including phenoxy) is 1. The van der Waals surface area contributed by atoms with Gasteiger partial charge in [0.2, 0.25) is 0 Å². The van der Waals surface area contributed by atoms with Crippen LogP contribution in [0.2, 0.25) is 0 Å². The van der Waals surface area contributed by atoms with Crippen LogP contribution in [0.1, 0.15) is 5.69 Å². The zero-order chi connectivity index (χ0) is 11.4. The molecule has 0 saturated heterocycles. The zero-order valence-electron chi connectivity index (χ0n) is 8.22. The molecule has 0 amide bonds. The second-order valence-electron chi connectivity index (χ2n) is 3.02. The Bertz CT molecular complexity index is 549. The molecule has 4 heteroatoms. The Hall–Kier alpha value is -1.61. The molecule has 1 aromatic heterocycles. The van der Waals surface area contributed by atoms with Crippen molar-refractivity contribution >= 4 is 22.6 Å². The third-order valence-electron chi connectivity index (χ3n) is 1.91. The average molecular weight is 322 g/mol. The van der Waals surface area contributed by atoms with Gasteiger partial charge in [0.25, 0.3) is 0 Å². The summed E-state index contributed by atoms with van der Waals surface area (Å²) in [7, 11) is 0. The molecule has 2 aromatic rings. The number of benzene rings is 1. The normalized spacial score (nSPS) is 9.50. The van der Waals surface area contributed by atoms with Crippen LogP contribution in [0.5, 0.6) is 11.5 Å². The summed E-state index contributed by atoms with van der Waals surface area (Å²) in [5, 5.41) is 8.71. The van der Waals surface area contributed by atoms with E-state index in [0.29, 0.717) is 11.4 Å². The number of pyridine rings is 1. The van der Waals surface area contributed by atoms with Crippen LogP contribution < -0.4 is 4.74 Å². The minimum atomic E-state index is 0.350. The lowest BCUT2D eigenvalue weighted by Crippen LogP contribution is -1.89. The molecule has 0 spiro atoms. The van der Waals surface area contributed by atoms with Gasteiger partial charge in [-0.05, 0) is 40.8 Å². The fourth-order valence-electron chi connectivity index (χ4n) is 1.19. The van der Waals surface area contributed by atoms with E-state index in [0.717, 1.165) is 9.32 Å². The summed E-state index contributed by atoms with van der Waals surface area (Å²) in [6, 6.07) is 13.0. The Labute approximate surface area is 107 Å². The number of para-hydroxylation sites is 1. The third-order valence-corrected chi connectivity index (χ3v) is 2.80. The van der Waals surface area contributed by atoms with E-state index in [2.05, 4.69) is 27.6 Å². The van der Waals surface area contributed by atoms with E-state index in [1.165, 1.54) is 0 Å². The van der Waals surface area contributed by atoms with Gasteiger partial charge in [-0.2, -0.15) is 5.26 Å². The van der Waals surface area contributed by atoms with Crippen LogP contribution in [0.25, 0.3) is 0 Å². The van der Waals surface area contributed by atoms with E-state index >= 15 is 0 Å². The van der Waals surface area contributed by atoms with Crippen molar-refractivity contribution in [3.05, 3.63) is 51.9 Å². The first-order valence-electron chi connectivity index (χ1n) is 4.58. The van der Waals surface area contributed by atoms with Crippen LogP contribution in [-0.2, 0) is 0 Å². The molecule has 2 rings (SSSR count). The quantitative estimate of drug-likeness (QED) is 0.797. The molecule has 1 aromatic carbocycles. The third kappa shape index (κ3) is 2.49. The Kier molecular flexibility index (Phi) is 3.37. The van der Waals surface area contributed by atoms with Crippen LogP contribution in [0, 0.1) is 14.9 Å². The molecule has 0 radical (unpaired) electrons. The predicted octanol–water partition coefficient (Wildman–Crippen LogP) is 3.35. The molecular weight excluding hydrogens is 315 g/mol. The zero-order valence-corrected chi connectivity index (χ0v) is 10.4. The Morgan fingerprint density at radius 1 is 1.25 bits per heavy atom. The highest BCUT2D eigenvalue weighted by Crippen LogP contribution is 2.26. The molecule has 0 saturated carbocycles. The first-order chi connectivity index (χ1) is 7.79. The summed E-state index contributed by atoms with van der Waals surface area (Å²) < 4.78 is 6.68. The maximum absolute atomic E-state index is 8.71. The lowest BCUT2D eigenvalue weighted by Gasteiger charge is -2.06. The van der Waals surface area contributed by atoms with Crippen molar-refractivity contribution in [3.63, 3.8) is 0 Å². The maximum Gasteiger partial charge on any atom is 0.144 e. The molecule has 0 aliphatic rings. The van der Waals surface area contributed by atoms with E-state index in [4.69, 9.17) is 10.00 Å². The predicted molar refractivity (Wildman–Crippen MR) is 68.2 cm³/mol. The smallest absolute Gasteiger partial charge is 0.144 e. The molecule has 0 unspecified atom stereocenters. The number of halogens is 1. The van der Waals surface area contributed by atoms with Crippen LogP contribution >= 0.6 is 22.6 Å². The average Bonchev–Trinajstić information content (AvgIpc) is 2.32. The molecule has 0 N–H and O–H groups in total.